The molecule has 2 aliphatic heterocycles. The van der Waals surface area contributed by atoms with E-state index < -0.39 is 0 Å². The summed E-state index contributed by atoms with van der Waals surface area (Å²) in [6.45, 7) is 5.80. The molecule has 5 nitrogen and oxygen atoms in total. The van der Waals surface area contributed by atoms with E-state index in [1.165, 1.54) is 34.4 Å². The molecular formula is C33H33FN4O. The second-order valence-corrected chi connectivity index (χ2v) is 10.8. The van der Waals surface area contributed by atoms with Crippen LogP contribution in [0.1, 0.15) is 29.7 Å². The molecule has 3 heterocycles. The van der Waals surface area contributed by atoms with Crippen LogP contribution in [0.5, 0.6) is 0 Å². The quantitative estimate of drug-likeness (QED) is 0.285. The maximum absolute atomic E-state index is 14.3. The number of urea groups is 1. The van der Waals surface area contributed by atoms with E-state index in [1.807, 2.05) is 34.1 Å². The fourth-order valence-corrected chi connectivity index (χ4v) is 6.15. The number of carbonyl (C=O) groups excluding carboxylic acids is 1. The summed E-state index contributed by atoms with van der Waals surface area (Å²) in [6.07, 6.45) is 3.40. The molecule has 0 atom stereocenters. The zero-order valence-corrected chi connectivity index (χ0v) is 22.3. The molecule has 6 heteroatoms. The van der Waals surface area contributed by atoms with Crippen LogP contribution in [-0.4, -0.2) is 46.0 Å². The van der Waals surface area contributed by atoms with Gasteiger partial charge < -0.3 is 4.90 Å². The first-order valence-corrected chi connectivity index (χ1v) is 13.6. The van der Waals surface area contributed by atoms with E-state index in [0.29, 0.717) is 18.8 Å². The van der Waals surface area contributed by atoms with Crippen molar-refractivity contribution in [1.29, 1.82) is 0 Å². The van der Waals surface area contributed by atoms with Crippen LogP contribution in [0.4, 0.5) is 14.9 Å². The van der Waals surface area contributed by atoms with E-state index in [-0.39, 0.29) is 17.4 Å². The fraction of sp³-hybridized carbons (Fsp3) is 0.273. The van der Waals surface area contributed by atoms with Gasteiger partial charge in [0.1, 0.15) is 5.82 Å². The van der Waals surface area contributed by atoms with Crippen molar-refractivity contribution >= 4 is 11.7 Å². The molecule has 4 aromatic rings. The summed E-state index contributed by atoms with van der Waals surface area (Å²) in [5, 5.41) is 0. The van der Waals surface area contributed by atoms with Crippen LogP contribution in [0, 0.1) is 12.7 Å². The molecule has 0 unspecified atom stereocenters. The number of hydrogen-bond donors (Lipinski definition) is 0. The van der Waals surface area contributed by atoms with Crippen LogP contribution in [-0.2, 0) is 13.1 Å². The van der Waals surface area contributed by atoms with E-state index in [2.05, 4.69) is 65.3 Å². The summed E-state index contributed by atoms with van der Waals surface area (Å²) in [6, 6.07) is 29.4. The Labute approximate surface area is 229 Å². The zero-order chi connectivity index (χ0) is 26.8. The largest absolute Gasteiger partial charge is 0.325 e. The monoisotopic (exact) mass is 520 g/mol. The molecule has 198 valence electrons. The summed E-state index contributed by atoms with van der Waals surface area (Å²) in [4.78, 5) is 24.4. The Bertz CT molecular complexity index is 1470. The standard InChI is InChI=1S/C33H33FN4O/c1-25-8-2-3-14-31(25)27-10-6-9-26(20-27)22-36-18-15-33(16-19-36)24-37(23-29-12-4-5-17-35-29)32(39)38(33)30-13-7-11-28(34)21-30/h2-14,17,20-21H,15-16,18-19,22-24H2,1H3. The van der Waals surface area contributed by atoms with Crippen molar-refractivity contribution in [3.05, 3.63) is 120 Å². The highest BCUT2D eigenvalue weighted by molar-refractivity contribution is 5.96. The Morgan fingerprint density at radius 1 is 0.872 bits per heavy atom. The first-order chi connectivity index (χ1) is 19.0. The number of likely N-dealkylation sites (tertiary alicyclic amines) is 1. The summed E-state index contributed by atoms with van der Waals surface area (Å²) < 4.78 is 14.3. The van der Waals surface area contributed by atoms with Crippen molar-refractivity contribution < 1.29 is 9.18 Å². The van der Waals surface area contributed by atoms with Gasteiger partial charge in [0.2, 0.25) is 0 Å². The van der Waals surface area contributed by atoms with Gasteiger partial charge in [0.15, 0.2) is 0 Å². The number of amides is 2. The van der Waals surface area contributed by atoms with Crippen molar-refractivity contribution in [3.8, 4) is 11.1 Å². The van der Waals surface area contributed by atoms with Gasteiger partial charge in [-0.25, -0.2) is 9.18 Å². The van der Waals surface area contributed by atoms with Crippen LogP contribution in [0.25, 0.3) is 11.1 Å². The van der Waals surface area contributed by atoms with Crippen LogP contribution in [0.15, 0.2) is 97.2 Å². The lowest BCUT2D eigenvalue weighted by Gasteiger charge is -2.43. The van der Waals surface area contributed by atoms with Crippen LogP contribution in [0.3, 0.4) is 0 Å². The maximum Gasteiger partial charge on any atom is 0.325 e. The summed E-state index contributed by atoms with van der Waals surface area (Å²) >= 11 is 0. The van der Waals surface area contributed by atoms with Crippen molar-refractivity contribution in [2.75, 3.05) is 24.5 Å². The first-order valence-electron chi connectivity index (χ1n) is 13.6. The van der Waals surface area contributed by atoms with Gasteiger partial charge in [-0.2, -0.15) is 0 Å². The van der Waals surface area contributed by atoms with E-state index in [4.69, 9.17) is 0 Å². The third-order valence-electron chi connectivity index (χ3n) is 8.14. The van der Waals surface area contributed by atoms with Gasteiger partial charge in [0, 0.05) is 38.1 Å². The molecular weight excluding hydrogens is 487 g/mol. The summed E-state index contributed by atoms with van der Waals surface area (Å²) in [5.74, 6) is -0.329. The number of nitrogens with zero attached hydrogens (tertiary/aromatic N) is 4. The van der Waals surface area contributed by atoms with Gasteiger partial charge in [-0.1, -0.05) is 54.6 Å². The van der Waals surface area contributed by atoms with E-state index >= 15 is 0 Å². The number of carbonyl (C=O) groups is 1. The van der Waals surface area contributed by atoms with Crippen molar-refractivity contribution in [2.45, 2.75) is 38.4 Å². The second kappa shape index (κ2) is 10.6. The number of pyridine rings is 1. The molecule has 0 radical (unpaired) electrons. The zero-order valence-electron chi connectivity index (χ0n) is 22.3. The highest BCUT2D eigenvalue weighted by Crippen LogP contribution is 2.40. The maximum atomic E-state index is 14.3. The van der Waals surface area contributed by atoms with E-state index in [1.54, 1.807) is 12.3 Å². The van der Waals surface area contributed by atoms with E-state index in [9.17, 15) is 9.18 Å². The van der Waals surface area contributed by atoms with Gasteiger partial charge >= 0.3 is 6.03 Å². The Hall–Kier alpha value is -4.03. The smallest absolute Gasteiger partial charge is 0.316 e. The van der Waals surface area contributed by atoms with Crippen LogP contribution in [0.2, 0.25) is 0 Å². The number of anilines is 1. The molecule has 1 spiro atoms. The van der Waals surface area contributed by atoms with Gasteiger partial charge in [-0.3, -0.25) is 14.8 Å². The molecule has 2 fully saturated rings. The summed E-state index contributed by atoms with van der Waals surface area (Å²) in [5.41, 5.74) is 6.17. The lowest BCUT2D eigenvalue weighted by Crippen LogP contribution is -2.54. The minimum atomic E-state index is -0.376. The molecule has 0 aliphatic carbocycles. The second-order valence-electron chi connectivity index (χ2n) is 10.8. The lowest BCUT2D eigenvalue weighted by atomic mass is 9.86. The third-order valence-corrected chi connectivity index (χ3v) is 8.14. The number of aryl methyl sites for hydroxylation is 1. The number of aromatic nitrogens is 1. The molecule has 2 saturated heterocycles. The molecule has 3 aromatic carbocycles. The topological polar surface area (TPSA) is 39.7 Å². The van der Waals surface area contributed by atoms with Gasteiger partial charge in [-0.15, -0.1) is 0 Å². The number of rotatable bonds is 6. The van der Waals surface area contributed by atoms with E-state index in [0.717, 1.165) is 38.2 Å². The number of piperidine rings is 1. The predicted octanol–water partition coefficient (Wildman–Crippen LogP) is 6.67. The lowest BCUT2D eigenvalue weighted by molar-refractivity contribution is 0.152. The minimum Gasteiger partial charge on any atom is -0.316 e. The van der Waals surface area contributed by atoms with Gasteiger partial charge in [0.25, 0.3) is 0 Å². The third kappa shape index (κ3) is 5.17. The molecule has 0 saturated carbocycles. The molecule has 6 rings (SSSR count). The predicted molar refractivity (Wildman–Crippen MR) is 153 cm³/mol. The highest BCUT2D eigenvalue weighted by atomic mass is 19.1. The highest BCUT2D eigenvalue weighted by Gasteiger charge is 2.51. The number of benzene rings is 3. The van der Waals surface area contributed by atoms with Gasteiger partial charge in [-0.05, 0) is 78.4 Å². The number of halogens is 1. The average Bonchev–Trinajstić information content (AvgIpc) is 3.21. The molecule has 0 N–H and O–H groups in total. The average molecular weight is 521 g/mol. The Morgan fingerprint density at radius 2 is 1.67 bits per heavy atom. The molecule has 1 aromatic heterocycles. The Morgan fingerprint density at radius 3 is 2.44 bits per heavy atom. The van der Waals surface area contributed by atoms with Crippen LogP contribution >= 0.6 is 0 Å². The SMILES string of the molecule is Cc1ccccc1-c1cccc(CN2CCC3(CC2)CN(Cc2ccccn2)C(=O)N3c2cccc(F)c2)c1. The van der Waals surface area contributed by atoms with Crippen molar-refractivity contribution in [2.24, 2.45) is 0 Å². The molecule has 39 heavy (non-hydrogen) atoms. The Balaban J connectivity index is 1.21. The molecule has 0 bridgehead atoms. The number of hydrogen-bond acceptors (Lipinski definition) is 3. The van der Waals surface area contributed by atoms with Crippen LogP contribution < -0.4 is 4.90 Å². The first kappa shape index (κ1) is 25.3. The normalized spacial score (nSPS) is 17.2. The minimum absolute atomic E-state index is 0.0781. The van der Waals surface area contributed by atoms with Crippen molar-refractivity contribution in [3.63, 3.8) is 0 Å². The summed E-state index contributed by atoms with van der Waals surface area (Å²) in [7, 11) is 0. The van der Waals surface area contributed by atoms with Gasteiger partial charge in [0.05, 0.1) is 17.8 Å². The molecule has 2 amide bonds. The fourth-order valence-electron chi connectivity index (χ4n) is 6.15. The van der Waals surface area contributed by atoms with Crippen molar-refractivity contribution in [1.82, 2.24) is 14.8 Å². The molecule has 2 aliphatic rings. The Kier molecular flexibility index (Phi) is 6.88.